The number of nitrogens with zero attached hydrogens (tertiary/aromatic N) is 3. The van der Waals surface area contributed by atoms with Crippen LogP contribution in [0, 0.1) is 5.92 Å². The van der Waals surface area contributed by atoms with Gasteiger partial charge in [-0.2, -0.15) is 0 Å². The zero-order valence-electron chi connectivity index (χ0n) is 19.6. The summed E-state index contributed by atoms with van der Waals surface area (Å²) in [5.41, 5.74) is 0.683. The first-order chi connectivity index (χ1) is 15.9. The number of anilines is 1. The summed E-state index contributed by atoms with van der Waals surface area (Å²) >= 11 is 1.34. The summed E-state index contributed by atoms with van der Waals surface area (Å²) in [7, 11) is 3.20. The Hall–Kier alpha value is -3.20. The molecule has 1 unspecified atom stereocenters. The molecule has 0 spiro atoms. The molecule has 9 heteroatoms. The van der Waals surface area contributed by atoms with Gasteiger partial charge in [0.05, 0.1) is 20.0 Å². The largest absolute Gasteiger partial charge is 0.497 e. The summed E-state index contributed by atoms with van der Waals surface area (Å²) < 4.78 is 18.7. The Morgan fingerprint density at radius 2 is 1.79 bits per heavy atom. The maximum atomic E-state index is 12.5. The number of benzene rings is 2. The molecule has 1 N–H and O–H groups in total. The number of carbonyl (C=O) groups is 1. The van der Waals surface area contributed by atoms with Crippen LogP contribution in [0.3, 0.4) is 0 Å². The minimum atomic E-state index is -0.354. The molecule has 0 aliphatic heterocycles. The Kier molecular flexibility index (Phi) is 8.59. The van der Waals surface area contributed by atoms with Crippen molar-refractivity contribution in [3.63, 3.8) is 0 Å². The second kappa shape index (κ2) is 11.6. The highest BCUT2D eigenvalue weighted by molar-refractivity contribution is 7.99. The lowest BCUT2D eigenvalue weighted by atomic mass is 10.2. The van der Waals surface area contributed by atoms with E-state index in [1.54, 1.807) is 20.3 Å². The normalized spacial score (nSPS) is 11.8. The lowest BCUT2D eigenvalue weighted by Crippen LogP contribution is -2.17. The SMILES string of the molecule is COc1cccc(NC(=O)CSc2nnc(C(C)Oc3ccccc3OC)n2CC(C)C)c1. The predicted molar refractivity (Wildman–Crippen MR) is 129 cm³/mol. The molecule has 0 saturated heterocycles. The zero-order valence-corrected chi connectivity index (χ0v) is 20.4. The highest BCUT2D eigenvalue weighted by atomic mass is 32.2. The van der Waals surface area contributed by atoms with E-state index in [4.69, 9.17) is 14.2 Å². The number of hydrogen-bond acceptors (Lipinski definition) is 7. The third-order valence-electron chi connectivity index (χ3n) is 4.72. The molecule has 0 saturated carbocycles. The molecule has 1 atom stereocenters. The molecule has 0 aliphatic rings. The first kappa shape index (κ1) is 24.4. The van der Waals surface area contributed by atoms with Crippen LogP contribution < -0.4 is 19.5 Å². The molecule has 0 radical (unpaired) electrons. The van der Waals surface area contributed by atoms with E-state index in [0.717, 1.165) is 0 Å². The average Bonchev–Trinajstić information content (AvgIpc) is 3.20. The maximum absolute atomic E-state index is 12.5. The number of carbonyl (C=O) groups excluding carboxylic acids is 1. The van der Waals surface area contributed by atoms with Gasteiger partial charge in [-0.15, -0.1) is 10.2 Å². The highest BCUT2D eigenvalue weighted by Gasteiger charge is 2.22. The molecular weight excluding hydrogens is 440 g/mol. The number of rotatable bonds is 11. The van der Waals surface area contributed by atoms with Gasteiger partial charge in [-0.3, -0.25) is 4.79 Å². The van der Waals surface area contributed by atoms with Gasteiger partial charge >= 0.3 is 0 Å². The van der Waals surface area contributed by atoms with E-state index in [9.17, 15) is 4.79 Å². The molecule has 1 aromatic heterocycles. The van der Waals surface area contributed by atoms with Gasteiger partial charge in [0.1, 0.15) is 5.75 Å². The monoisotopic (exact) mass is 470 g/mol. The van der Waals surface area contributed by atoms with E-state index in [1.807, 2.05) is 54.0 Å². The van der Waals surface area contributed by atoms with E-state index in [2.05, 4.69) is 29.4 Å². The van der Waals surface area contributed by atoms with Gasteiger partial charge in [-0.05, 0) is 37.1 Å². The third kappa shape index (κ3) is 6.64. The van der Waals surface area contributed by atoms with Crippen LogP contribution in [0.4, 0.5) is 5.69 Å². The fourth-order valence-corrected chi connectivity index (χ4v) is 3.99. The Morgan fingerprint density at radius 3 is 2.48 bits per heavy atom. The van der Waals surface area contributed by atoms with Crippen molar-refractivity contribution in [2.45, 2.75) is 38.6 Å². The molecule has 3 aromatic rings. The van der Waals surface area contributed by atoms with Gasteiger partial charge in [0.15, 0.2) is 28.6 Å². The van der Waals surface area contributed by atoms with Crippen molar-refractivity contribution in [2.75, 3.05) is 25.3 Å². The van der Waals surface area contributed by atoms with Crippen LogP contribution >= 0.6 is 11.8 Å². The van der Waals surface area contributed by atoms with Crippen molar-refractivity contribution < 1.29 is 19.0 Å². The first-order valence-corrected chi connectivity index (χ1v) is 11.7. The molecule has 176 valence electrons. The fourth-order valence-electron chi connectivity index (χ4n) is 3.23. The van der Waals surface area contributed by atoms with Crippen LogP contribution in [-0.2, 0) is 11.3 Å². The quantitative estimate of drug-likeness (QED) is 0.402. The van der Waals surface area contributed by atoms with Crippen LogP contribution in [0.15, 0.2) is 53.7 Å². The lowest BCUT2D eigenvalue weighted by Gasteiger charge is -2.19. The molecule has 0 fully saturated rings. The molecular formula is C24H30N4O4S. The number of ether oxygens (including phenoxy) is 3. The van der Waals surface area contributed by atoms with E-state index < -0.39 is 0 Å². The fraction of sp³-hybridized carbons (Fsp3) is 0.375. The Labute approximate surface area is 198 Å². The smallest absolute Gasteiger partial charge is 0.234 e. The van der Waals surface area contributed by atoms with Crippen molar-refractivity contribution >= 4 is 23.4 Å². The van der Waals surface area contributed by atoms with Gasteiger partial charge < -0.3 is 24.1 Å². The molecule has 0 aliphatic carbocycles. The second-order valence-electron chi connectivity index (χ2n) is 7.82. The van der Waals surface area contributed by atoms with Crippen molar-refractivity contribution in [3.8, 4) is 17.2 Å². The van der Waals surface area contributed by atoms with E-state index in [-0.39, 0.29) is 17.8 Å². The number of methoxy groups -OCH3 is 2. The summed E-state index contributed by atoms with van der Waals surface area (Å²) in [6.07, 6.45) is -0.354. The molecule has 1 heterocycles. The predicted octanol–water partition coefficient (Wildman–Crippen LogP) is 4.82. The Bertz CT molecular complexity index is 1070. The average molecular weight is 471 g/mol. The molecule has 33 heavy (non-hydrogen) atoms. The number of thioether (sulfide) groups is 1. The molecule has 2 aromatic carbocycles. The summed E-state index contributed by atoms with van der Waals surface area (Å²) in [4.78, 5) is 12.5. The summed E-state index contributed by atoms with van der Waals surface area (Å²) in [6.45, 7) is 6.89. The second-order valence-corrected chi connectivity index (χ2v) is 8.77. The van der Waals surface area contributed by atoms with Crippen molar-refractivity contribution in [1.82, 2.24) is 14.8 Å². The van der Waals surface area contributed by atoms with Crippen LogP contribution in [0.5, 0.6) is 17.2 Å². The zero-order chi connectivity index (χ0) is 23.8. The van der Waals surface area contributed by atoms with E-state index >= 15 is 0 Å². The molecule has 3 rings (SSSR count). The summed E-state index contributed by atoms with van der Waals surface area (Å²) in [5.74, 6) is 3.11. The minimum absolute atomic E-state index is 0.132. The standard InChI is InChI=1S/C24H30N4O4S/c1-16(2)14-28-23(17(3)32-21-12-7-6-11-20(21)31-5)26-27-24(28)33-15-22(29)25-18-9-8-10-19(13-18)30-4/h6-13,16-17H,14-15H2,1-5H3,(H,25,29). The summed E-state index contributed by atoms with van der Waals surface area (Å²) in [5, 5.41) is 12.3. The Morgan fingerprint density at radius 1 is 1.03 bits per heavy atom. The van der Waals surface area contributed by atoms with Crippen molar-refractivity contribution in [3.05, 3.63) is 54.4 Å². The maximum Gasteiger partial charge on any atom is 0.234 e. The number of amides is 1. The van der Waals surface area contributed by atoms with Crippen molar-refractivity contribution in [2.24, 2.45) is 5.92 Å². The van der Waals surface area contributed by atoms with Gasteiger partial charge in [-0.25, -0.2) is 0 Å². The van der Waals surface area contributed by atoms with Crippen LogP contribution in [0.2, 0.25) is 0 Å². The van der Waals surface area contributed by atoms with Crippen molar-refractivity contribution in [1.29, 1.82) is 0 Å². The van der Waals surface area contributed by atoms with Crippen LogP contribution in [-0.4, -0.2) is 40.6 Å². The molecule has 8 nitrogen and oxygen atoms in total. The molecule has 0 bridgehead atoms. The molecule has 1 amide bonds. The number of aromatic nitrogens is 3. The number of hydrogen-bond donors (Lipinski definition) is 1. The summed E-state index contributed by atoms with van der Waals surface area (Å²) in [6, 6.07) is 14.7. The van der Waals surface area contributed by atoms with E-state index in [0.29, 0.717) is 46.4 Å². The Balaban J connectivity index is 1.71. The lowest BCUT2D eigenvalue weighted by molar-refractivity contribution is -0.113. The highest BCUT2D eigenvalue weighted by Crippen LogP contribution is 2.31. The van der Waals surface area contributed by atoms with Crippen LogP contribution in [0.1, 0.15) is 32.7 Å². The number of nitrogens with one attached hydrogen (secondary N) is 1. The first-order valence-electron chi connectivity index (χ1n) is 10.7. The third-order valence-corrected chi connectivity index (χ3v) is 5.68. The minimum Gasteiger partial charge on any atom is -0.497 e. The van der Waals surface area contributed by atoms with E-state index in [1.165, 1.54) is 11.8 Å². The van der Waals surface area contributed by atoms with Gasteiger partial charge in [0, 0.05) is 18.3 Å². The van der Waals surface area contributed by atoms with Crippen LogP contribution in [0.25, 0.3) is 0 Å². The van der Waals surface area contributed by atoms with Gasteiger partial charge in [0.2, 0.25) is 5.91 Å². The van der Waals surface area contributed by atoms with Gasteiger partial charge in [0.25, 0.3) is 0 Å². The van der Waals surface area contributed by atoms with Gasteiger partial charge in [-0.1, -0.05) is 43.8 Å². The topological polar surface area (TPSA) is 87.5 Å². The number of para-hydroxylation sites is 2.